The zero-order valence-corrected chi connectivity index (χ0v) is 18.4. The third kappa shape index (κ3) is 4.31. The van der Waals surface area contributed by atoms with Gasteiger partial charge in [-0.2, -0.15) is 4.98 Å². The smallest absolute Gasteiger partial charge is 0.244 e. The van der Waals surface area contributed by atoms with E-state index >= 15 is 0 Å². The van der Waals surface area contributed by atoms with Crippen LogP contribution in [0.5, 0.6) is 0 Å². The molecule has 0 radical (unpaired) electrons. The fraction of sp³-hybridized carbons (Fsp3) is 0.652. The molecular formula is C23H32N6O2. The van der Waals surface area contributed by atoms with Crippen molar-refractivity contribution in [1.82, 2.24) is 24.9 Å². The second kappa shape index (κ2) is 8.94. The number of carbonyl (C=O) groups excluding carboxylic acids is 1. The first-order valence-electron chi connectivity index (χ1n) is 11.8. The lowest BCUT2D eigenvalue weighted by atomic mass is 9.94. The molecule has 0 N–H and O–H groups in total. The van der Waals surface area contributed by atoms with Crippen LogP contribution in [0.2, 0.25) is 0 Å². The summed E-state index contributed by atoms with van der Waals surface area (Å²) in [5.41, 5.74) is 0.927. The lowest BCUT2D eigenvalue weighted by molar-refractivity contribution is -0.129. The van der Waals surface area contributed by atoms with E-state index in [0.717, 1.165) is 56.4 Å². The van der Waals surface area contributed by atoms with E-state index in [2.05, 4.69) is 19.9 Å². The molecule has 2 saturated heterocycles. The number of hydrogen-bond acceptors (Lipinski definition) is 7. The molecule has 3 fully saturated rings. The Bertz CT molecular complexity index is 901. The molecule has 0 bridgehead atoms. The standard InChI is InChI=1S/C23H32N6O2/c1-17(30)27-12-14-28(15-13-27)21-16-18(9-10-24-21)22-25-23(31-26-22)20-8-5-11-29(20)19-6-3-2-4-7-19/h9-10,16,19-20H,2-8,11-15H2,1H3/t20-/m0/s1. The van der Waals surface area contributed by atoms with Gasteiger partial charge in [-0.15, -0.1) is 0 Å². The zero-order chi connectivity index (χ0) is 21.2. The van der Waals surface area contributed by atoms with E-state index in [1.165, 1.54) is 38.5 Å². The van der Waals surface area contributed by atoms with Gasteiger partial charge in [-0.25, -0.2) is 4.98 Å². The van der Waals surface area contributed by atoms with Gasteiger partial charge in [0.1, 0.15) is 5.82 Å². The Morgan fingerprint density at radius 3 is 2.61 bits per heavy atom. The number of nitrogens with zero attached hydrogens (tertiary/aromatic N) is 6. The molecule has 2 aromatic heterocycles. The van der Waals surface area contributed by atoms with Crippen LogP contribution in [0.1, 0.15) is 63.8 Å². The van der Waals surface area contributed by atoms with Crippen LogP contribution in [0.25, 0.3) is 11.4 Å². The van der Waals surface area contributed by atoms with E-state index in [4.69, 9.17) is 9.51 Å². The molecule has 1 atom stereocenters. The number of aromatic nitrogens is 3. The second-order valence-corrected chi connectivity index (χ2v) is 9.04. The van der Waals surface area contributed by atoms with Crippen molar-refractivity contribution in [3.63, 3.8) is 0 Å². The molecule has 31 heavy (non-hydrogen) atoms. The molecule has 2 aromatic rings. The number of hydrogen-bond donors (Lipinski definition) is 0. The topological polar surface area (TPSA) is 78.6 Å². The van der Waals surface area contributed by atoms with Gasteiger partial charge in [0.25, 0.3) is 0 Å². The van der Waals surface area contributed by atoms with Gasteiger partial charge in [-0.05, 0) is 44.4 Å². The Labute approximate surface area is 183 Å². The Kier molecular flexibility index (Phi) is 5.89. The molecular weight excluding hydrogens is 392 g/mol. The predicted molar refractivity (Wildman–Crippen MR) is 118 cm³/mol. The van der Waals surface area contributed by atoms with Crippen LogP contribution in [-0.4, -0.2) is 69.6 Å². The van der Waals surface area contributed by atoms with Gasteiger partial charge < -0.3 is 14.3 Å². The molecule has 1 amide bonds. The average Bonchev–Trinajstić information content (AvgIpc) is 3.50. The van der Waals surface area contributed by atoms with Crippen molar-refractivity contribution in [2.45, 2.75) is 64.0 Å². The van der Waals surface area contributed by atoms with Crippen LogP contribution >= 0.6 is 0 Å². The van der Waals surface area contributed by atoms with Gasteiger partial charge in [0.2, 0.25) is 17.6 Å². The van der Waals surface area contributed by atoms with Gasteiger partial charge >= 0.3 is 0 Å². The summed E-state index contributed by atoms with van der Waals surface area (Å²) in [6.45, 7) is 5.79. The van der Waals surface area contributed by atoms with E-state index < -0.39 is 0 Å². The summed E-state index contributed by atoms with van der Waals surface area (Å²) in [7, 11) is 0. The minimum atomic E-state index is 0.134. The fourth-order valence-electron chi connectivity index (χ4n) is 5.37. The van der Waals surface area contributed by atoms with Crippen LogP contribution in [0.4, 0.5) is 5.82 Å². The number of anilines is 1. The molecule has 3 aliphatic rings. The number of likely N-dealkylation sites (tertiary alicyclic amines) is 1. The Hall–Kier alpha value is -2.48. The van der Waals surface area contributed by atoms with Crippen LogP contribution in [0.3, 0.4) is 0 Å². The van der Waals surface area contributed by atoms with Crippen molar-refractivity contribution in [2.24, 2.45) is 0 Å². The third-order valence-electron chi connectivity index (χ3n) is 7.12. The van der Waals surface area contributed by atoms with E-state index in [1.807, 2.05) is 23.2 Å². The van der Waals surface area contributed by atoms with Gasteiger partial charge in [-0.3, -0.25) is 9.69 Å². The highest BCUT2D eigenvalue weighted by Crippen LogP contribution is 2.37. The van der Waals surface area contributed by atoms with E-state index in [0.29, 0.717) is 11.9 Å². The Morgan fingerprint density at radius 1 is 1.03 bits per heavy atom. The highest BCUT2D eigenvalue weighted by Gasteiger charge is 2.35. The van der Waals surface area contributed by atoms with Gasteiger partial charge in [0.15, 0.2) is 0 Å². The Balaban J connectivity index is 1.30. The molecule has 0 spiro atoms. The summed E-state index contributed by atoms with van der Waals surface area (Å²) in [5, 5.41) is 4.32. The summed E-state index contributed by atoms with van der Waals surface area (Å²) in [4.78, 5) is 27.6. The summed E-state index contributed by atoms with van der Waals surface area (Å²) >= 11 is 0. The first-order chi connectivity index (χ1) is 15.2. The number of pyridine rings is 1. The van der Waals surface area contributed by atoms with Crippen molar-refractivity contribution >= 4 is 11.7 Å². The van der Waals surface area contributed by atoms with Gasteiger partial charge in [0.05, 0.1) is 6.04 Å². The molecule has 0 unspecified atom stereocenters. The number of amides is 1. The largest absolute Gasteiger partial charge is 0.353 e. The molecule has 2 aliphatic heterocycles. The van der Waals surface area contributed by atoms with Crippen LogP contribution in [0, 0.1) is 0 Å². The van der Waals surface area contributed by atoms with Gasteiger partial charge in [-0.1, -0.05) is 24.4 Å². The Morgan fingerprint density at radius 2 is 1.84 bits per heavy atom. The van der Waals surface area contributed by atoms with Crippen molar-refractivity contribution in [3.8, 4) is 11.4 Å². The lowest BCUT2D eigenvalue weighted by Crippen LogP contribution is -2.48. The first kappa shape index (κ1) is 20.4. The molecule has 8 heteroatoms. The number of carbonyl (C=O) groups is 1. The first-order valence-corrected chi connectivity index (χ1v) is 11.8. The van der Waals surface area contributed by atoms with Crippen molar-refractivity contribution in [3.05, 3.63) is 24.2 Å². The van der Waals surface area contributed by atoms with E-state index in [-0.39, 0.29) is 11.9 Å². The van der Waals surface area contributed by atoms with Crippen molar-refractivity contribution < 1.29 is 9.32 Å². The quantitative estimate of drug-likeness (QED) is 0.745. The third-order valence-corrected chi connectivity index (χ3v) is 7.12. The molecule has 1 saturated carbocycles. The highest BCUT2D eigenvalue weighted by atomic mass is 16.5. The normalized spacial score (nSPS) is 23.5. The van der Waals surface area contributed by atoms with Crippen molar-refractivity contribution in [1.29, 1.82) is 0 Å². The minimum absolute atomic E-state index is 0.134. The number of rotatable bonds is 4. The molecule has 166 valence electrons. The maximum Gasteiger partial charge on any atom is 0.244 e. The summed E-state index contributed by atoms with van der Waals surface area (Å²) in [6, 6.07) is 4.89. The molecule has 1 aliphatic carbocycles. The van der Waals surface area contributed by atoms with Crippen LogP contribution < -0.4 is 4.90 Å². The molecule has 5 rings (SSSR count). The van der Waals surface area contributed by atoms with E-state index in [9.17, 15) is 4.79 Å². The lowest BCUT2D eigenvalue weighted by Gasteiger charge is -2.34. The summed E-state index contributed by atoms with van der Waals surface area (Å²) in [5.74, 6) is 2.43. The monoisotopic (exact) mass is 424 g/mol. The van der Waals surface area contributed by atoms with Crippen LogP contribution in [-0.2, 0) is 4.79 Å². The highest BCUT2D eigenvalue weighted by molar-refractivity contribution is 5.73. The minimum Gasteiger partial charge on any atom is -0.353 e. The number of piperazine rings is 1. The van der Waals surface area contributed by atoms with E-state index in [1.54, 1.807) is 6.92 Å². The molecule has 8 nitrogen and oxygen atoms in total. The zero-order valence-electron chi connectivity index (χ0n) is 18.4. The molecule has 4 heterocycles. The fourth-order valence-corrected chi connectivity index (χ4v) is 5.37. The molecule has 0 aromatic carbocycles. The SMILES string of the molecule is CC(=O)N1CCN(c2cc(-c3noc([C@@H]4CCCN4C4CCCCC4)n3)ccn2)CC1. The maximum atomic E-state index is 11.6. The second-order valence-electron chi connectivity index (χ2n) is 9.04. The average molecular weight is 425 g/mol. The summed E-state index contributed by atoms with van der Waals surface area (Å²) < 4.78 is 5.77. The maximum absolute atomic E-state index is 11.6. The van der Waals surface area contributed by atoms with Gasteiger partial charge in [0, 0.05) is 50.9 Å². The van der Waals surface area contributed by atoms with Crippen LogP contribution in [0.15, 0.2) is 22.9 Å². The predicted octanol–water partition coefficient (Wildman–Crippen LogP) is 3.27. The van der Waals surface area contributed by atoms with Crippen molar-refractivity contribution in [2.75, 3.05) is 37.6 Å². The summed E-state index contributed by atoms with van der Waals surface area (Å²) in [6.07, 6.45) is 10.7.